The molecule has 0 radical (unpaired) electrons. The Morgan fingerprint density at radius 1 is 0.931 bits per heavy atom. The molecule has 1 nitrogen and oxygen atoms in total. The molecule has 0 aromatic heterocycles. The quantitative estimate of drug-likeness (QED) is 0.506. The summed E-state index contributed by atoms with van der Waals surface area (Å²) < 4.78 is 0. The van der Waals surface area contributed by atoms with E-state index in [9.17, 15) is 5.11 Å². The SMILES string of the molecule is CC(C)[C@@H](C)CC[C@@H](C)[C@H]1CC[C@H]2C3=CC=C4C[C@@H](O)CC[C@]4(C)C3CC[C@]12C. The second-order valence-corrected chi connectivity index (χ2v) is 12.3. The van der Waals surface area contributed by atoms with Crippen molar-refractivity contribution in [2.24, 2.45) is 46.3 Å². The Morgan fingerprint density at radius 2 is 1.69 bits per heavy atom. The lowest BCUT2D eigenvalue weighted by Crippen LogP contribution is -2.46. The van der Waals surface area contributed by atoms with Crippen molar-refractivity contribution in [3.8, 4) is 0 Å². The minimum Gasteiger partial charge on any atom is -0.393 e. The molecule has 1 unspecified atom stereocenters. The molecule has 4 rings (SSSR count). The van der Waals surface area contributed by atoms with Crippen LogP contribution in [0.1, 0.15) is 99.3 Å². The van der Waals surface area contributed by atoms with Crippen molar-refractivity contribution in [3.05, 3.63) is 23.3 Å². The van der Waals surface area contributed by atoms with E-state index in [4.69, 9.17) is 0 Å². The van der Waals surface area contributed by atoms with Crippen LogP contribution in [0.25, 0.3) is 0 Å². The van der Waals surface area contributed by atoms with Gasteiger partial charge in [-0.05, 0) is 91.3 Å². The molecule has 4 aliphatic carbocycles. The highest BCUT2D eigenvalue weighted by Gasteiger charge is 2.56. The molecule has 0 aromatic carbocycles. The normalized spacial score (nSPS) is 43.7. The van der Waals surface area contributed by atoms with Crippen LogP contribution in [0.4, 0.5) is 0 Å². The topological polar surface area (TPSA) is 20.2 Å². The van der Waals surface area contributed by atoms with Gasteiger partial charge in [0, 0.05) is 0 Å². The second kappa shape index (κ2) is 7.85. The predicted octanol–water partition coefficient (Wildman–Crippen LogP) is 7.55. The van der Waals surface area contributed by atoms with Crippen LogP contribution in [0, 0.1) is 46.3 Å². The molecule has 164 valence electrons. The van der Waals surface area contributed by atoms with Gasteiger partial charge < -0.3 is 5.11 Å². The fraction of sp³-hybridized carbons (Fsp3) is 0.857. The maximum Gasteiger partial charge on any atom is 0.0578 e. The van der Waals surface area contributed by atoms with E-state index in [-0.39, 0.29) is 6.10 Å². The Balaban J connectivity index is 1.52. The molecular weight excluding hydrogens is 352 g/mol. The van der Waals surface area contributed by atoms with E-state index in [1.807, 2.05) is 0 Å². The summed E-state index contributed by atoms with van der Waals surface area (Å²) in [7, 11) is 0. The highest BCUT2D eigenvalue weighted by molar-refractivity contribution is 5.38. The zero-order chi connectivity index (χ0) is 21.0. The first kappa shape index (κ1) is 21.7. The first-order chi connectivity index (χ1) is 13.7. The van der Waals surface area contributed by atoms with E-state index >= 15 is 0 Å². The summed E-state index contributed by atoms with van der Waals surface area (Å²) in [5, 5.41) is 10.2. The van der Waals surface area contributed by atoms with Crippen LogP contribution in [0.5, 0.6) is 0 Å². The van der Waals surface area contributed by atoms with Crippen molar-refractivity contribution < 1.29 is 5.11 Å². The second-order valence-electron chi connectivity index (χ2n) is 12.3. The van der Waals surface area contributed by atoms with Gasteiger partial charge in [-0.1, -0.05) is 77.7 Å². The number of aliphatic hydroxyl groups is 1. The molecule has 0 spiro atoms. The maximum absolute atomic E-state index is 10.2. The summed E-state index contributed by atoms with van der Waals surface area (Å²) in [6, 6.07) is 0. The van der Waals surface area contributed by atoms with Crippen LogP contribution in [0.3, 0.4) is 0 Å². The number of fused-ring (bicyclic) bond motifs is 5. The standard InChI is InChI=1S/C28H46O/c1-18(2)19(3)7-8-20(4)24-11-12-25-23-10-9-21-17-22(29)13-15-27(21,5)26(23)14-16-28(24,25)6/h9-10,18-20,22,24-26,29H,7-8,11-17H2,1-6H3/t19-,20+,22-,24+,25-,26?,27-,28+/m0/s1. The Morgan fingerprint density at radius 3 is 2.41 bits per heavy atom. The number of hydrogen-bond acceptors (Lipinski definition) is 1. The summed E-state index contributed by atoms with van der Waals surface area (Å²) in [5.74, 6) is 4.97. The third-order valence-corrected chi connectivity index (χ3v) is 10.5. The van der Waals surface area contributed by atoms with Crippen LogP contribution < -0.4 is 0 Å². The van der Waals surface area contributed by atoms with Crippen molar-refractivity contribution in [2.45, 2.75) is 105 Å². The predicted molar refractivity (Wildman–Crippen MR) is 124 cm³/mol. The third-order valence-electron chi connectivity index (χ3n) is 10.5. The van der Waals surface area contributed by atoms with Crippen LogP contribution >= 0.6 is 0 Å². The van der Waals surface area contributed by atoms with Gasteiger partial charge in [0.15, 0.2) is 0 Å². The van der Waals surface area contributed by atoms with Crippen molar-refractivity contribution in [2.75, 3.05) is 0 Å². The van der Waals surface area contributed by atoms with Gasteiger partial charge in [-0.15, -0.1) is 0 Å². The highest BCUT2D eigenvalue weighted by Crippen LogP contribution is 2.66. The van der Waals surface area contributed by atoms with Crippen molar-refractivity contribution in [1.82, 2.24) is 0 Å². The molecule has 4 aliphatic rings. The average Bonchev–Trinajstić information content (AvgIpc) is 3.03. The van der Waals surface area contributed by atoms with Crippen LogP contribution in [-0.4, -0.2) is 11.2 Å². The van der Waals surface area contributed by atoms with Gasteiger partial charge in [0.05, 0.1) is 6.10 Å². The van der Waals surface area contributed by atoms with E-state index < -0.39 is 0 Å². The molecule has 3 fully saturated rings. The Bertz CT molecular complexity index is 672. The van der Waals surface area contributed by atoms with Crippen LogP contribution in [0.15, 0.2) is 23.3 Å². The molecule has 0 bridgehead atoms. The van der Waals surface area contributed by atoms with Gasteiger partial charge in [0.2, 0.25) is 0 Å². The first-order valence-electron chi connectivity index (χ1n) is 12.8. The fourth-order valence-corrected chi connectivity index (χ4v) is 8.02. The lowest BCUT2D eigenvalue weighted by molar-refractivity contribution is 0.0317. The summed E-state index contributed by atoms with van der Waals surface area (Å²) in [6.07, 6.45) is 16.4. The monoisotopic (exact) mass is 398 g/mol. The van der Waals surface area contributed by atoms with Gasteiger partial charge in [-0.3, -0.25) is 0 Å². The van der Waals surface area contributed by atoms with E-state index in [1.54, 1.807) is 11.1 Å². The number of aliphatic hydroxyl groups excluding tert-OH is 1. The van der Waals surface area contributed by atoms with Gasteiger partial charge in [-0.25, -0.2) is 0 Å². The van der Waals surface area contributed by atoms with Gasteiger partial charge in [-0.2, -0.15) is 0 Å². The molecule has 0 aromatic rings. The first-order valence-corrected chi connectivity index (χ1v) is 12.8. The summed E-state index contributed by atoms with van der Waals surface area (Å²) in [5.41, 5.74) is 4.17. The molecule has 1 heteroatoms. The van der Waals surface area contributed by atoms with E-state index in [1.165, 1.54) is 44.9 Å². The van der Waals surface area contributed by atoms with Crippen molar-refractivity contribution in [1.29, 1.82) is 0 Å². The van der Waals surface area contributed by atoms with E-state index in [2.05, 4.69) is 53.7 Å². The lowest BCUT2D eigenvalue weighted by Gasteiger charge is -2.55. The Hall–Kier alpha value is -0.560. The minimum atomic E-state index is -0.108. The van der Waals surface area contributed by atoms with Crippen LogP contribution in [-0.2, 0) is 0 Å². The smallest absolute Gasteiger partial charge is 0.0578 e. The molecule has 8 atom stereocenters. The Labute approximate surface area is 180 Å². The number of rotatable bonds is 5. The molecule has 3 saturated carbocycles. The molecule has 1 N–H and O–H groups in total. The molecule has 0 saturated heterocycles. The summed E-state index contributed by atoms with van der Waals surface area (Å²) >= 11 is 0. The largest absolute Gasteiger partial charge is 0.393 e. The maximum atomic E-state index is 10.2. The number of hydrogen-bond donors (Lipinski definition) is 1. The molecular formula is C28H46O. The molecule has 29 heavy (non-hydrogen) atoms. The minimum absolute atomic E-state index is 0.108. The van der Waals surface area contributed by atoms with Crippen LogP contribution in [0.2, 0.25) is 0 Å². The van der Waals surface area contributed by atoms with Gasteiger partial charge in [0.25, 0.3) is 0 Å². The zero-order valence-electron chi connectivity index (χ0n) is 20.0. The summed E-state index contributed by atoms with van der Waals surface area (Å²) in [4.78, 5) is 0. The average molecular weight is 399 g/mol. The summed E-state index contributed by atoms with van der Waals surface area (Å²) in [6.45, 7) is 14.9. The van der Waals surface area contributed by atoms with Gasteiger partial charge >= 0.3 is 0 Å². The molecule has 0 heterocycles. The van der Waals surface area contributed by atoms with E-state index in [0.29, 0.717) is 10.8 Å². The zero-order valence-corrected chi connectivity index (χ0v) is 20.0. The van der Waals surface area contributed by atoms with Crippen molar-refractivity contribution in [3.63, 3.8) is 0 Å². The van der Waals surface area contributed by atoms with Gasteiger partial charge in [0.1, 0.15) is 0 Å². The molecule has 0 aliphatic heterocycles. The molecule has 0 amide bonds. The third kappa shape index (κ3) is 3.58. The number of allylic oxidation sites excluding steroid dienone is 3. The lowest BCUT2D eigenvalue weighted by atomic mass is 9.50. The highest BCUT2D eigenvalue weighted by atomic mass is 16.3. The van der Waals surface area contributed by atoms with E-state index in [0.717, 1.165) is 48.3 Å². The van der Waals surface area contributed by atoms with Crippen molar-refractivity contribution >= 4 is 0 Å². The Kier molecular flexibility index (Phi) is 5.86. The fourth-order valence-electron chi connectivity index (χ4n) is 8.02.